The lowest BCUT2D eigenvalue weighted by atomic mass is 10.3. The number of anilines is 1. The molecule has 1 rings (SSSR count). The lowest BCUT2D eigenvalue weighted by Crippen LogP contribution is -2.40. The van der Waals surface area contributed by atoms with E-state index in [1.807, 2.05) is 13.8 Å². The highest BCUT2D eigenvalue weighted by molar-refractivity contribution is 6.18. The minimum atomic E-state index is -0.561. The number of hydrogen-bond donors (Lipinski definition) is 1. The summed E-state index contributed by atoms with van der Waals surface area (Å²) in [5.41, 5.74) is 0.481. The summed E-state index contributed by atoms with van der Waals surface area (Å²) in [5.74, 6) is 0.660. The first-order valence-electron chi connectivity index (χ1n) is 7.45. The lowest BCUT2D eigenvalue weighted by molar-refractivity contribution is 0.130. The zero-order valence-electron chi connectivity index (χ0n) is 13.8. The minimum absolute atomic E-state index is 0.0245. The van der Waals surface area contributed by atoms with Gasteiger partial charge in [0.05, 0.1) is 6.10 Å². The third kappa shape index (κ3) is 6.78. The molecule has 0 aliphatic rings. The number of nitrogens with zero attached hydrogens (tertiary/aromatic N) is 1. The van der Waals surface area contributed by atoms with Crippen LogP contribution in [-0.2, 0) is 4.74 Å². The Morgan fingerprint density at radius 3 is 2.52 bits per heavy atom. The molecule has 1 aromatic carbocycles. The van der Waals surface area contributed by atoms with Crippen molar-refractivity contribution in [1.29, 1.82) is 0 Å². The molecule has 1 aromatic rings. The van der Waals surface area contributed by atoms with Crippen molar-refractivity contribution in [2.24, 2.45) is 0 Å². The molecular weight excluding hydrogens is 320 g/mol. The Kier molecular flexibility index (Phi) is 7.68. The summed E-state index contributed by atoms with van der Waals surface area (Å²) >= 11 is 5.70. The summed E-state index contributed by atoms with van der Waals surface area (Å²) in [5, 5.41) is 2.58. The molecule has 0 aliphatic heterocycles. The molecule has 0 saturated heterocycles. The fraction of sp³-hybridized carbons (Fsp3) is 0.500. The summed E-state index contributed by atoms with van der Waals surface area (Å²) in [4.78, 5) is 25.3. The molecule has 0 aliphatic carbocycles. The molecule has 0 unspecified atom stereocenters. The molecular formula is C16H23ClN2O4. The van der Waals surface area contributed by atoms with E-state index in [1.165, 1.54) is 4.90 Å². The topological polar surface area (TPSA) is 67.9 Å². The number of carbonyl (C=O) groups is 2. The molecule has 0 spiro atoms. The maximum absolute atomic E-state index is 12.2. The van der Waals surface area contributed by atoms with Crippen molar-refractivity contribution in [3.63, 3.8) is 0 Å². The molecule has 0 atom stereocenters. The summed E-state index contributed by atoms with van der Waals surface area (Å²) in [6.07, 6.45) is -1.26. The van der Waals surface area contributed by atoms with E-state index in [-0.39, 0.29) is 12.1 Å². The van der Waals surface area contributed by atoms with Crippen LogP contribution in [0, 0.1) is 0 Å². The van der Waals surface area contributed by atoms with E-state index in [0.717, 1.165) is 0 Å². The van der Waals surface area contributed by atoms with Crippen molar-refractivity contribution < 1.29 is 19.1 Å². The van der Waals surface area contributed by atoms with Crippen LogP contribution in [0.5, 0.6) is 5.75 Å². The predicted molar refractivity (Wildman–Crippen MR) is 90.3 cm³/mol. The van der Waals surface area contributed by atoms with Gasteiger partial charge < -0.3 is 14.4 Å². The average Bonchev–Trinajstić information content (AvgIpc) is 2.43. The monoisotopic (exact) mass is 342 g/mol. The molecule has 128 valence electrons. The van der Waals surface area contributed by atoms with Crippen LogP contribution in [0.2, 0.25) is 0 Å². The Hall–Kier alpha value is -1.95. The molecule has 2 amide bonds. The molecule has 23 heavy (non-hydrogen) atoms. The number of carbonyl (C=O) groups excluding carboxylic acids is 2. The van der Waals surface area contributed by atoms with E-state index < -0.39 is 12.2 Å². The zero-order valence-corrected chi connectivity index (χ0v) is 14.6. The van der Waals surface area contributed by atoms with Crippen LogP contribution in [0.1, 0.15) is 27.7 Å². The lowest BCUT2D eigenvalue weighted by Gasteiger charge is -2.24. The molecule has 0 heterocycles. The number of alkyl halides is 1. The molecule has 0 saturated carbocycles. The zero-order chi connectivity index (χ0) is 17.4. The maximum Gasteiger partial charge on any atom is 0.415 e. The molecule has 6 nitrogen and oxygen atoms in total. The van der Waals surface area contributed by atoms with Gasteiger partial charge in [-0.2, -0.15) is 0 Å². The van der Waals surface area contributed by atoms with E-state index in [2.05, 4.69) is 5.32 Å². The fourth-order valence-electron chi connectivity index (χ4n) is 1.81. The van der Waals surface area contributed by atoms with Gasteiger partial charge in [0.25, 0.3) is 0 Å². The first kappa shape index (κ1) is 19.1. The highest BCUT2D eigenvalue weighted by Crippen LogP contribution is 2.19. The normalized spacial score (nSPS) is 10.6. The first-order chi connectivity index (χ1) is 10.8. The van der Waals surface area contributed by atoms with E-state index in [9.17, 15) is 9.59 Å². The van der Waals surface area contributed by atoms with Crippen LogP contribution in [-0.4, -0.2) is 41.7 Å². The van der Waals surface area contributed by atoms with Gasteiger partial charge in [-0.15, -0.1) is 11.6 Å². The van der Waals surface area contributed by atoms with Crippen molar-refractivity contribution in [1.82, 2.24) is 4.90 Å². The van der Waals surface area contributed by atoms with Crippen LogP contribution < -0.4 is 10.1 Å². The van der Waals surface area contributed by atoms with Gasteiger partial charge in [-0.1, -0.05) is 6.07 Å². The van der Waals surface area contributed by atoms with Gasteiger partial charge in [0, 0.05) is 30.2 Å². The van der Waals surface area contributed by atoms with Crippen LogP contribution in [0.15, 0.2) is 24.3 Å². The van der Waals surface area contributed by atoms with Crippen molar-refractivity contribution in [2.75, 3.05) is 17.7 Å². The van der Waals surface area contributed by atoms with Gasteiger partial charge in [-0.25, -0.2) is 9.59 Å². The SMILES string of the molecule is CC(C)OC(=O)Nc1cccc(OC(=O)N(CCCl)C(C)C)c1. The first-order valence-corrected chi connectivity index (χ1v) is 7.99. The van der Waals surface area contributed by atoms with Gasteiger partial charge >= 0.3 is 12.2 Å². The Labute approximate surface area is 141 Å². The second kappa shape index (κ2) is 9.25. The molecule has 7 heteroatoms. The highest BCUT2D eigenvalue weighted by Gasteiger charge is 2.18. The second-order valence-corrected chi connectivity index (χ2v) is 5.83. The number of halogens is 1. The Morgan fingerprint density at radius 2 is 1.96 bits per heavy atom. The smallest absolute Gasteiger partial charge is 0.415 e. The van der Waals surface area contributed by atoms with Crippen LogP contribution in [0.4, 0.5) is 15.3 Å². The van der Waals surface area contributed by atoms with Crippen LogP contribution >= 0.6 is 11.6 Å². The summed E-state index contributed by atoms with van der Waals surface area (Å²) in [7, 11) is 0. The third-order valence-electron chi connectivity index (χ3n) is 2.81. The largest absolute Gasteiger partial charge is 0.447 e. The summed E-state index contributed by atoms with van der Waals surface area (Å²) < 4.78 is 10.3. The van der Waals surface area contributed by atoms with Gasteiger partial charge in [-0.3, -0.25) is 5.32 Å². The maximum atomic E-state index is 12.2. The molecule has 1 N–H and O–H groups in total. The fourth-order valence-corrected chi connectivity index (χ4v) is 1.99. The van der Waals surface area contributed by atoms with Gasteiger partial charge in [0.1, 0.15) is 5.75 Å². The van der Waals surface area contributed by atoms with E-state index in [4.69, 9.17) is 21.1 Å². The number of nitrogens with one attached hydrogen (secondary N) is 1. The molecule has 0 fully saturated rings. The summed E-state index contributed by atoms with van der Waals surface area (Å²) in [6, 6.07) is 6.52. The molecule has 0 bridgehead atoms. The number of benzene rings is 1. The molecule has 0 aromatic heterocycles. The summed E-state index contributed by atoms with van der Waals surface area (Å²) in [6.45, 7) is 7.68. The Bertz CT molecular complexity index is 535. The predicted octanol–water partition coefficient (Wildman–Crippen LogP) is 4.09. The van der Waals surface area contributed by atoms with Gasteiger partial charge in [0.2, 0.25) is 0 Å². The highest BCUT2D eigenvalue weighted by atomic mass is 35.5. The van der Waals surface area contributed by atoms with Gasteiger partial charge in [0.15, 0.2) is 0 Å². The van der Waals surface area contributed by atoms with Crippen LogP contribution in [0.3, 0.4) is 0 Å². The van der Waals surface area contributed by atoms with Crippen molar-refractivity contribution in [2.45, 2.75) is 39.8 Å². The standard InChI is InChI=1S/C16H23ClN2O4/c1-11(2)19(9-8-17)16(21)23-14-7-5-6-13(10-14)18-15(20)22-12(3)4/h5-7,10-12H,8-9H2,1-4H3,(H,18,20). The third-order valence-corrected chi connectivity index (χ3v) is 2.98. The second-order valence-electron chi connectivity index (χ2n) is 5.45. The quantitative estimate of drug-likeness (QED) is 0.790. The Morgan fingerprint density at radius 1 is 1.26 bits per heavy atom. The Balaban J connectivity index is 2.72. The molecule has 0 radical (unpaired) electrons. The van der Waals surface area contributed by atoms with E-state index in [1.54, 1.807) is 38.1 Å². The van der Waals surface area contributed by atoms with Crippen molar-refractivity contribution in [3.05, 3.63) is 24.3 Å². The van der Waals surface area contributed by atoms with Crippen molar-refractivity contribution in [3.8, 4) is 5.75 Å². The number of hydrogen-bond acceptors (Lipinski definition) is 4. The van der Waals surface area contributed by atoms with Gasteiger partial charge in [-0.05, 0) is 39.8 Å². The average molecular weight is 343 g/mol. The van der Waals surface area contributed by atoms with E-state index >= 15 is 0 Å². The van der Waals surface area contributed by atoms with Crippen LogP contribution in [0.25, 0.3) is 0 Å². The van der Waals surface area contributed by atoms with Crippen molar-refractivity contribution >= 4 is 29.5 Å². The number of rotatable bonds is 6. The minimum Gasteiger partial charge on any atom is -0.447 e. The number of ether oxygens (including phenoxy) is 2. The van der Waals surface area contributed by atoms with E-state index in [0.29, 0.717) is 23.9 Å². The number of amides is 2.